The summed E-state index contributed by atoms with van der Waals surface area (Å²) in [7, 11) is 0. The van der Waals surface area contributed by atoms with Gasteiger partial charge in [-0.1, -0.05) is 53.9 Å². The van der Waals surface area contributed by atoms with Crippen molar-refractivity contribution < 1.29 is 0 Å². The predicted molar refractivity (Wildman–Crippen MR) is 87.6 cm³/mol. The van der Waals surface area contributed by atoms with Gasteiger partial charge in [-0.15, -0.1) is 0 Å². The Morgan fingerprint density at radius 2 is 1.40 bits per heavy atom. The molecular weight excluding hydrogens is 240 g/mol. The lowest BCUT2D eigenvalue weighted by molar-refractivity contribution is 0.0378. The number of hydrogen-bond acceptors (Lipinski definition) is 0. The van der Waals surface area contributed by atoms with E-state index in [1.165, 1.54) is 38.5 Å². The molecular formula is C20H36. The molecule has 0 heterocycles. The molecule has 4 atom stereocenters. The highest BCUT2D eigenvalue weighted by Gasteiger charge is 2.68. The van der Waals surface area contributed by atoms with Crippen LogP contribution in [0.3, 0.4) is 0 Å². The molecule has 0 radical (unpaired) electrons. The third-order valence-electron chi connectivity index (χ3n) is 8.06. The van der Waals surface area contributed by atoms with Crippen molar-refractivity contribution in [1.29, 1.82) is 0 Å². The Bertz CT molecular complexity index is 341. The maximum absolute atomic E-state index is 2.59. The first kappa shape index (κ1) is 14.9. The molecule has 0 N–H and O–H groups in total. The second-order valence-corrected chi connectivity index (χ2v) is 9.25. The largest absolute Gasteiger partial charge is 0.0623 e. The SMILES string of the molecule is CC(C)C1(C)CCCC(C2(C(C)C)C3CCCCC32)C1. The minimum Gasteiger partial charge on any atom is -0.0623 e. The molecule has 3 saturated carbocycles. The molecule has 116 valence electrons. The molecule has 3 rings (SSSR count). The van der Waals surface area contributed by atoms with Crippen molar-refractivity contribution in [1.82, 2.24) is 0 Å². The van der Waals surface area contributed by atoms with Crippen LogP contribution >= 0.6 is 0 Å². The van der Waals surface area contributed by atoms with Crippen LogP contribution in [0.4, 0.5) is 0 Å². The van der Waals surface area contributed by atoms with E-state index in [0.717, 1.165) is 35.0 Å². The van der Waals surface area contributed by atoms with Crippen LogP contribution in [-0.2, 0) is 0 Å². The molecule has 0 spiro atoms. The van der Waals surface area contributed by atoms with E-state index in [1.807, 2.05) is 0 Å². The summed E-state index contributed by atoms with van der Waals surface area (Å²) in [5.74, 6) is 5.02. The van der Waals surface area contributed by atoms with Crippen molar-refractivity contribution >= 4 is 0 Å². The highest BCUT2D eigenvalue weighted by Crippen LogP contribution is 2.75. The molecule has 3 fully saturated rings. The molecule has 0 aromatic heterocycles. The van der Waals surface area contributed by atoms with Gasteiger partial charge in [0.05, 0.1) is 0 Å². The lowest BCUT2D eigenvalue weighted by atomic mass is 9.59. The summed E-state index contributed by atoms with van der Waals surface area (Å²) < 4.78 is 0. The van der Waals surface area contributed by atoms with Crippen LogP contribution in [-0.4, -0.2) is 0 Å². The van der Waals surface area contributed by atoms with Crippen LogP contribution in [0.2, 0.25) is 0 Å². The van der Waals surface area contributed by atoms with Crippen molar-refractivity contribution in [2.75, 3.05) is 0 Å². The van der Waals surface area contributed by atoms with Crippen molar-refractivity contribution in [3.8, 4) is 0 Å². The van der Waals surface area contributed by atoms with E-state index in [0.29, 0.717) is 5.41 Å². The van der Waals surface area contributed by atoms with Crippen molar-refractivity contribution in [2.45, 2.75) is 86.0 Å². The first-order chi connectivity index (χ1) is 9.43. The predicted octanol–water partition coefficient (Wildman–Crippen LogP) is 6.30. The summed E-state index contributed by atoms with van der Waals surface area (Å²) >= 11 is 0. The zero-order valence-corrected chi connectivity index (χ0v) is 14.5. The van der Waals surface area contributed by atoms with Crippen LogP contribution in [0.15, 0.2) is 0 Å². The highest BCUT2D eigenvalue weighted by atomic mass is 14.7. The monoisotopic (exact) mass is 276 g/mol. The molecule has 0 bridgehead atoms. The van der Waals surface area contributed by atoms with E-state index in [2.05, 4.69) is 34.6 Å². The lowest BCUT2D eigenvalue weighted by Crippen LogP contribution is -2.37. The van der Waals surface area contributed by atoms with Gasteiger partial charge in [-0.3, -0.25) is 0 Å². The third kappa shape index (κ3) is 2.00. The lowest BCUT2D eigenvalue weighted by Gasteiger charge is -2.46. The average Bonchev–Trinajstić information content (AvgIpc) is 3.08. The zero-order chi connectivity index (χ0) is 14.5. The summed E-state index contributed by atoms with van der Waals surface area (Å²) in [6.07, 6.45) is 12.2. The normalized spacial score (nSPS) is 48.5. The quantitative estimate of drug-likeness (QED) is 0.567. The fourth-order valence-corrected chi connectivity index (χ4v) is 6.62. The maximum Gasteiger partial charge on any atom is -0.0184 e. The third-order valence-corrected chi connectivity index (χ3v) is 8.06. The first-order valence-corrected chi connectivity index (χ1v) is 9.43. The van der Waals surface area contributed by atoms with Gasteiger partial charge in [0, 0.05) is 0 Å². The molecule has 20 heavy (non-hydrogen) atoms. The van der Waals surface area contributed by atoms with Gasteiger partial charge in [-0.05, 0) is 72.5 Å². The van der Waals surface area contributed by atoms with E-state index in [-0.39, 0.29) is 0 Å². The topological polar surface area (TPSA) is 0 Å². The fourth-order valence-electron chi connectivity index (χ4n) is 6.62. The molecule has 4 unspecified atom stereocenters. The van der Waals surface area contributed by atoms with Crippen LogP contribution in [0.5, 0.6) is 0 Å². The average molecular weight is 277 g/mol. The molecule has 0 saturated heterocycles. The van der Waals surface area contributed by atoms with Crippen LogP contribution in [0.25, 0.3) is 0 Å². The Kier molecular flexibility index (Phi) is 3.75. The van der Waals surface area contributed by atoms with E-state index >= 15 is 0 Å². The Labute approximate surface area is 127 Å². The smallest absolute Gasteiger partial charge is 0.0184 e. The summed E-state index contributed by atoms with van der Waals surface area (Å²) in [5, 5.41) is 0. The van der Waals surface area contributed by atoms with Crippen molar-refractivity contribution in [2.24, 2.45) is 40.4 Å². The molecule has 3 aliphatic rings. The summed E-state index contributed by atoms with van der Waals surface area (Å²) in [4.78, 5) is 0. The molecule has 0 aromatic rings. The van der Waals surface area contributed by atoms with Gasteiger partial charge >= 0.3 is 0 Å². The van der Waals surface area contributed by atoms with Crippen molar-refractivity contribution in [3.63, 3.8) is 0 Å². The molecule has 3 aliphatic carbocycles. The maximum atomic E-state index is 2.59. The van der Waals surface area contributed by atoms with Gasteiger partial charge in [0.15, 0.2) is 0 Å². The minimum absolute atomic E-state index is 0.622. The van der Waals surface area contributed by atoms with E-state index < -0.39 is 0 Å². The Morgan fingerprint density at radius 3 is 1.90 bits per heavy atom. The molecule has 0 amide bonds. The fraction of sp³-hybridized carbons (Fsp3) is 1.00. The summed E-state index contributed by atoms with van der Waals surface area (Å²) in [5.41, 5.74) is 1.38. The first-order valence-electron chi connectivity index (χ1n) is 9.43. The minimum atomic E-state index is 0.622. The van der Waals surface area contributed by atoms with Gasteiger partial charge in [0.2, 0.25) is 0 Å². The second kappa shape index (κ2) is 5.03. The van der Waals surface area contributed by atoms with Gasteiger partial charge < -0.3 is 0 Å². The van der Waals surface area contributed by atoms with E-state index in [4.69, 9.17) is 0 Å². The molecule has 0 aromatic carbocycles. The molecule has 0 heteroatoms. The number of rotatable bonds is 3. The highest BCUT2D eigenvalue weighted by molar-refractivity contribution is 5.16. The molecule has 0 aliphatic heterocycles. The Morgan fingerprint density at radius 1 is 0.800 bits per heavy atom. The van der Waals surface area contributed by atoms with E-state index in [1.54, 1.807) is 12.8 Å². The van der Waals surface area contributed by atoms with Crippen LogP contribution in [0.1, 0.15) is 86.0 Å². The number of fused-ring (bicyclic) bond motifs is 1. The summed E-state index contributed by atoms with van der Waals surface area (Å²) in [6.45, 7) is 12.6. The Hall–Kier alpha value is 0. The number of hydrogen-bond donors (Lipinski definition) is 0. The van der Waals surface area contributed by atoms with Crippen LogP contribution < -0.4 is 0 Å². The zero-order valence-electron chi connectivity index (χ0n) is 14.5. The summed E-state index contributed by atoms with van der Waals surface area (Å²) in [6, 6.07) is 0. The Balaban J connectivity index is 1.83. The van der Waals surface area contributed by atoms with Crippen molar-refractivity contribution in [3.05, 3.63) is 0 Å². The second-order valence-electron chi connectivity index (χ2n) is 9.25. The van der Waals surface area contributed by atoms with Gasteiger partial charge in [0.1, 0.15) is 0 Å². The standard InChI is InChI=1S/C20H36/c1-14(2)19(5)12-8-9-16(13-19)20(15(3)4)17-10-6-7-11-18(17)20/h14-18H,6-13H2,1-5H3. The van der Waals surface area contributed by atoms with Gasteiger partial charge in [-0.2, -0.15) is 0 Å². The molecule has 0 nitrogen and oxygen atoms in total. The van der Waals surface area contributed by atoms with Gasteiger partial charge in [-0.25, -0.2) is 0 Å². The van der Waals surface area contributed by atoms with Crippen LogP contribution in [0, 0.1) is 40.4 Å². The van der Waals surface area contributed by atoms with Gasteiger partial charge in [0.25, 0.3) is 0 Å². The van der Waals surface area contributed by atoms with E-state index in [9.17, 15) is 0 Å².